The van der Waals surface area contributed by atoms with E-state index in [0.717, 1.165) is 43.6 Å². The molecule has 1 atom stereocenters. The number of fused-ring (bicyclic) bond motifs is 1. The van der Waals surface area contributed by atoms with E-state index < -0.39 is 0 Å². The van der Waals surface area contributed by atoms with E-state index >= 15 is 0 Å². The maximum Gasteiger partial charge on any atom is 0.261 e. The average molecular weight is 405 g/mol. The molecule has 1 saturated heterocycles. The van der Waals surface area contributed by atoms with E-state index in [0.29, 0.717) is 23.7 Å². The number of piperidine rings is 1. The predicted octanol–water partition coefficient (Wildman–Crippen LogP) is 4.67. The average Bonchev–Trinajstić information content (AvgIpc) is 3.04. The van der Waals surface area contributed by atoms with Crippen molar-refractivity contribution in [2.24, 2.45) is 17.3 Å². The van der Waals surface area contributed by atoms with Crippen LogP contribution >= 0.6 is 11.3 Å². The monoisotopic (exact) mass is 404 g/mol. The van der Waals surface area contributed by atoms with E-state index in [1.807, 2.05) is 4.90 Å². The molecule has 0 saturated carbocycles. The number of carbonyl (C=O) groups is 2. The summed E-state index contributed by atoms with van der Waals surface area (Å²) in [6, 6.07) is 2.31. The molecule has 2 amide bonds. The van der Waals surface area contributed by atoms with Crippen LogP contribution in [0.4, 0.5) is 0 Å². The third-order valence-corrected chi connectivity index (χ3v) is 7.53. The minimum Gasteiger partial charge on any atom is -0.348 e. The van der Waals surface area contributed by atoms with Gasteiger partial charge in [0.15, 0.2) is 0 Å². The van der Waals surface area contributed by atoms with E-state index in [-0.39, 0.29) is 17.9 Å². The van der Waals surface area contributed by atoms with Crippen molar-refractivity contribution in [1.29, 1.82) is 0 Å². The summed E-state index contributed by atoms with van der Waals surface area (Å²) >= 11 is 1.68. The van der Waals surface area contributed by atoms with Crippen molar-refractivity contribution in [2.75, 3.05) is 13.1 Å². The number of hydrogen-bond donors (Lipinski definition) is 1. The summed E-state index contributed by atoms with van der Waals surface area (Å²) in [6.45, 7) is 12.6. The lowest BCUT2D eigenvalue weighted by molar-refractivity contribution is -0.133. The molecule has 5 heteroatoms. The number of hydrogen-bond acceptors (Lipinski definition) is 3. The topological polar surface area (TPSA) is 49.4 Å². The molecule has 1 aromatic rings. The van der Waals surface area contributed by atoms with E-state index in [1.54, 1.807) is 11.3 Å². The molecule has 1 aliphatic carbocycles. The molecule has 0 spiro atoms. The van der Waals surface area contributed by atoms with Gasteiger partial charge in [-0.2, -0.15) is 0 Å². The van der Waals surface area contributed by atoms with Gasteiger partial charge in [0, 0.05) is 30.4 Å². The summed E-state index contributed by atoms with van der Waals surface area (Å²) in [4.78, 5) is 29.2. The Bertz CT molecular complexity index is 709. The molecule has 1 aromatic heterocycles. The van der Waals surface area contributed by atoms with Crippen LogP contribution in [0.25, 0.3) is 0 Å². The number of rotatable bonds is 4. The highest BCUT2D eigenvalue weighted by Gasteiger charge is 2.31. The van der Waals surface area contributed by atoms with Crippen LogP contribution in [0.5, 0.6) is 0 Å². The zero-order chi connectivity index (χ0) is 20.5. The van der Waals surface area contributed by atoms with Crippen molar-refractivity contribution in [3.8, 4) is 0 Å². The molecule has 0 radical (unpaired) electrons. The summed E-state index contributed by atoms with van der Waals surface area (Å²) in [5.74, 6) is 1.41. The van der Waals surface area contributed by atoms with Crippen LogP contribution < -0.4 is 5.32 Å². The van der Waals surface area contributed by atoms with Crippen LogP contribution in [0.2, 0.25) is 0 Å². The SMILES string of the molecule is CC(C)CC(=O)N1CCC(NC(=O)c2cc3c(s2)CCC(C(C)(C)C)C3)CC1. The lowest BCUT2D eigenvalue weighted by Gasteiger charge is -2.33. The highest BCUT2D eigenvalue weighted by molar-refractivity contribution is 7.14. The third kappa shape index (κ3) is 5.16. The third-order valence-electron chi connectivity index (χ3n) is 6.30. The molecule has 3 rings (SSSR count). The predicted molar refractivity (Wildman–Crippen MR) is 116 cm³/mol. The lowest BCUT2D eigenvalue weighted by Crippen LogP contribution is -2.46. The number of likely N-dealkylation sites (tertiary alicyclic amines) is 1. The Morgan fingerprint density at radius 2 is 1.89 bits per heavy atom. The lowest BCUT2D eigenvalue weighted by atomic mass is 9.72. The molecule has 1 unspecified atom stereocenters. The second kappa shape index (κ2) is 8.56. The zero-order valence-corrected chi connectivity index (χ0v) is 19.0. The van der Waals surface area contributed by atoms with E-state index in [4.69, 9.17) is 0 Å². The number of aryl methyl sites for hydroxylation is 1. The number of amides is 2. The molecular formula is C23H36N2O2S. The Labute approximate surface area is 174 Å². The van der Waals surface area contributed by atoms with Crippen molar-refractivity contribution in [1.82, 2.24) is 10.2 Å². The van der Waals surface area contributed by atoms with E-state index in [2.05, 4.69) is 46.0 Å². The second-order valence-electron chi connectivity index (χ2n) is 10.1. The van der Waals surface area contributed by atoms with Gasteiger partial charge < -0.3 is 10.2 Å². The molecule has 1 N–H and O–H groups in total. The number of thiophene rings is 1. The van der Waals surface area contributed by atoms with Crippen LogP contribution in [0.3, 0.4) is 0 Å². The molecule has 2 heterocycles. The Hall–Kier alpha value is -1.36. The second-order valence-corrected chi connectivity index (χ2v) is 11.2. The van der Waals surface area contributed by atoms with E-state index in [9.17, 15) is 9.59 Å². The molecular weight excluding hydrogens is 368 g/mol. The van der Waals surface area contributed by atoms with Gasteiger partial charge in [0.05, 0.1) is 4.88 Å². The number of carbonyl (C=O) groups excluding carboxylic acids is 2. The van der Waals surface area contributed by atoms with Crippen LogP contribution in [0.15, 0.2) is 6.07 Å². The molecule has 1 fully saturated rings. The van der Waals surface area contributed by atoms with Crippen molar-refractivity contribution >= 4 is 23.2 Å². The fourth-order valence-electron chi connectivity index (χ4n) is 4.38. The van der Waals surface area contributed by atoms with Crippen molar-refractivity contribution in [3.05, 3.63) is 21.4 Å². The van der Waals surface area contributed by atoms with Crippen LogP contribution in [0, 0.1) is 17.3 Å². The molecule has 4 nitrogen and oxygen atoms in total. The molecule has 28 heavy (non-hydrogen) atoms. The quantitative estimate of drug-likeness (QED) is 0.793. The van der Waals surface area contributed by atoms with Crippen LogP contribution in [-0.4, -0.2) is 35.8 Å². The van der Waals surface area contributed by atoms with Crippen molar-refractivity contribution < 1.29 is 9.59 Å². The highest BCUT2D eigenvalue weighted by atomic mass is 32.1. The number of nitrogens with zero attached hydrogens (tertiary/aromatic N) is 1. The highest BCUT2D eigenvalue weighted by Crippen LogP contribution is 2.40. The van der Waals surface area contributed by atoms with Gasteiger partial charge in [-0.05, 0) is 61.0 Å². The molecule has 156 valence electrons. The van der Waals surface area contributed by atoms with Gasteiger partial charge >= 0.3 is 0 Å². The van der Waals surface area contributed by atoms with Crippen molar-refractivity contribution in [3.63, 3.8) is 0 Å². The minimum atomic E-state index is 0.0682. The molecule has 1 aliphatic heterocycles. The first kappa shape index (κ1) is 21.4. The normalized spacial score (nSPS) is 20.9. The maximum absolute atomic E-state index is 12.8. The Kier molecular flexibility index (Phi) is 6.53. The smallest absolute Gasteiger partial charge is 0.261 e. The van der Waals surface area contributed by atoms with Crippen LogP contribution in [0.1, 0.15) is 80.4 Å². The van der Waals surface area contributed by atoms with Crippen LogP contribution in [-0.2, 0) is 17.6 Å². The van der Waals surface area contributed by atoms with Gasteiger partial charge in [-0.1, -0.05) is 34.6 Å². The Balaban J connectivity index is 1.53. The first-order valence-electron chi connectivity index (χ1n) is 10.8. The zero-order valence-electron chi connectivity index (χ0n) is 18.1. The summed E-state index contributed by atoms with van der Waals surface area (Å²) in [5, 5.41) is 3.22. The minimum absolute atomic E-state index is 0.0682. The van der Waals surface area contributed by atoms with Gasteiger partial charge in [0.25, 0.3) is 5.91 Å². The first-order chi connectivity index (χ1) is 13.1. The summed E-state index contributed by atoms with van der Waals surface area (Å²) in [7, 11) is 0. The summed E-state index contributed by atoms with van der Waals surface area (Å²) in [6.07, 6.45) is 5.75. The molecule has 0 aromatic carbocycles. The maximum atomic E-state index is 12.8. The van der Waals surface area contributed by atoms with Gasteiger partial charge in [-0.15, -0.1) is 11.3 Å². The van der Waals surface area contributed by atoms with E-state index in [1.165, 1.54) is 16.9 Å². The van der Waals surface area contributed by atoms with Crippen molar-refractivity contribution in [2.45, 2.75) is 79.2 Å². The fraction of sp³-hybridized carbons (Fsp3) is 0.739. The van der Waals surface area contributed by atoms with Gasteiger partial charge in [0.1, 0.15) is 0 Å². The largest absolute Gasteiger partial charge is 0.348 e. The standard InChI is InChI=1S/C23H36N2O2S/c1-15(2)12-21(26)25-10-8-18(9-11-25)24-22(27)20-14-16-13-17(23(3,4)5)6-7-19(16)28-20/h14-15,17-18H,6-13H2,1-5H3,(H,24,27). The molecule has 0 bridgehead atoms. The van der Waals surface area contributed by atoms with Gasteiger partial charge in [-0.25, -0.2) is 0 Å². The first-order valence-corrected chi connectivity index (χ1v) is 11.7. The van der Waals surface area contributed by atoms with Gasteiger partial charge in [-0.3, -0.25) is 9.59 Å². The fourth-order valence-corrected chi connectivity index (χ4v) is 5.49. The summed E-state index contributed by atoms with van der Waals surface area (Å²) < 4.78 is 0. The number of nitrogens with one attached hydrogen (secondary N) is 1. The molecule has 2 aliphatic rings. The Morgan fingerprint density at radius 1 is 1.21 bits per heavy atom. The Morgan fingerprint density at radius 3 is 2.50 bits per heavy atom. The summed E-state index contributed by atoms with van der Waals surface area (Å²) in [5.41, 5.74) is 1.71. The van der Waals surface area contributed by atoms with Gasteiger partial charge in [0.2, 0.25) is 5.91 Å².